The smallest absolute Gasteiger partial charge is 0.387 e. The van der Waals surface area contributed by atoms with Gasteiger partial charge in [-0.25, -0.2) is 13.1 Å². The van der Waals surface area contributed by atoms with Gasteiger partial charge in [-0.3, -0.25) is 10.4 Å². The van der Waals surface area contributed by atoms with Gasteiger partial charge in [-0.05, 0) is 60.7 Å². The van der Waals surface area contributed by atoms with E-state index in [-0.39, 0.29) is 10.6 Å². The Hall–Kier alpha value is -3.66. The number of hydrazine groups is 1. The van der Waals surface area contributed by atoms with Crippen molar-refractivity contribution < 1.29 is 21.9 Å². The highest BCUT2D eigenvalue weighted by Crippen LogP contribution is 2.25. The third-order valence-corrected chi connectivity index (χ3v) is 5.60. The average Bonchev–Trinajstić information content (AvgIpc) is 3.23. The predicted molar refractivity (Wildman–Crippen MR) is 112 cm³/mol. The van der Waals surface area contributed by atoms with Crippen molar-refractivity contribution in [2.45, 2.75) is 11.5 Å². The molecule has 0 amide bonds. The summed E-state index contributed by atoms with van der Waals surface area (Å²) in [6.07, 6.45) is 8.21. The third-order valence-electron chi connectivity index (χ3n) is 4.49. The van der Waals surface area contributed by atoms with Crippen molar-refractivity contribution in [3.63, 3.8) is 0 Å². The maximum atomic E-state index is 12.3. The highest BCUT2D eigenvalue weighted by atomic mass is 32.2. The number of benzene rings is 2. The molecule has 0 spiro atoms. The standard InChI is InChI=1S/C21H18F2N4O3S/c1-31(28,29)18-5-2-4-16(14-18)27-20(11-12-24-27)19-6-3-13-26(25-19)15-7-9-17(10-8-15)30-21(22)23/h2-14,21,25H,1H3. The molecule has 31 heavy (non-hydrogen) atoms. The minimum atomic E-state index is -3.36. The van der Waals surface area contributed by atoms with Gasteiger partial charge in [0.1, 0.15) is 5.75 Å². The third kappa shape index (κ3) is 4.58. The van der Waals surface area contributed by atoms with E-state index < -0.39 is 16.4 Å². The molecule has 2 heterocycles. The number of alkyl halides is 2. The largest absolute Gasteiger partial charge is 0.435 e. The molecule has 0 radical (unpaired) electrons. The fourth-order valence-corrected chi connectivity index (χ4v) is 3.73. The van der Waals surface area contributed by atoms with Gasteiger partial charge in [0.2, 0.25) is 0 Å². The van der Waals surface area contributed by atoms with Crippen LogP contribution in [0.3, 0.4) is 0 Å². The highest BCUT2D eigenvalue weighted by Gasteiger charge is 2.16. The van der Waals surface area contributed by atoms with Crippen LogP contribution in [0.1, 0.15) is 5.69 Å². The van der Waals surface area contributed by atoms with E-state index in [0.29, 0.717) is 22.8 Å². The monoisotopic (exact) mass is 444 g/mol. The number of halogens is 2. The summed E-state index contributed by atoms with van der Waals surface area (Å²) in [5.41, 5.74) is 5.94. The molecule has 0 saturated heterocycles. The molecule has 2 aromatic carbocycles. The lowest BCUT2D eigenvalue weighted by molar-refractivity contribution is -0.0498. The zero-order valence-corrected chi connectivity index (χ0v) is 17.1. The molecule has 0 aliphatic carbocycles. The van der Waals surface area contributed by atoms with E-state index in [1.807, 2.05) is 12.2 Å². The first kappa shape index (κ1) is 20.6. The van der Waals surface area contributed by atoms with Crippen molar-refractivity contribution in [3.8, 4) is 11.4 Å². The van der Waals surface area contributed by atoms with Crippen LogP contribution in [-0.4, -0.2) is 31.1 Å². The number of sulfone groups is 1. The molecule has 0 atom stereocenters. The van der Waals surface area contributed by atoms with E-state index in [1.54, 1.807) is 58.5 Å². The molecule has 10 heteroatoms. The Balaban J connectivity index is 1.59. The molecule has 160 valence electrons. The second-order valence-electron chi connectivity index (χ2n) is 6.67. The summed E-state index contributed by atoms with van der Waals surface area (Å²) >= 11 is 0. The molecule has 1 aliphatic heterocycles. The minimum absolute atomic E-state index is 0.0688. The number of ether oxygens (including phenoxy) is 1. The van der Waals surface area contributed by atoms with Crippen molar-refractivity contribution in [3.05, 3.63) is 84.8 Å². The molecule has 1 aromatic heterocycles. The quantitative estimate of drug-likeness (QED) is 0.624. The maximum absolute atomic E-state index is 12.3. The van der Waals surface area contributed by atoms with E-state index in [9.17, 15) is 17.2 Å². The summed E-state index contributed by atoms with van der Waals surface area (Å²) < 4.78 is 54.5. The summed E-state index contributed by atoms with van der Waals surface area (Å²) in [5.74, 6) is 0.0688. The first-order valence-corrected chi connectivity index (χ1v) is 11.0. The second kappa shape index (κ2) is 8.23. The fourth-order valence-electron chi connectivity index (χ4n) is 3.07. The van der Waals surface area contributed by atoms with E-state index >= 15 is 0 Å². The molecule has 1 aliphatic rings. The molecule has 0 bridgehead atoms. The van der Waals surface area contributed by atoms with Gasteiger partial charge in [0.25, 0.3) is 0 Å². The van der Waals surface area contributed by atoms with Crippen molar-refractivity contribution in [2.75, 3.05) is 11.3 Å². The van der Waals surface area contributed by atoms with Gasteiger partial charge in [-0.15, -0.1) is 0 Å². The molecule has 0 saturated carbocycles. The van der Waals surface area contributed by atoms with Crippen molar-refractivity contribution in [2.24, 2.45) is 0 Å². The molecule has 1 N–H and O–H groups in total. The highest BCUT2D eigenvalue weighted by molar-refractivity contribution is 7.90. The minimum Gasteiger partial charge on any atom is -0.435 e. The van der Waals surface area contributed by atoms with E-state index in [4.69, 9.17) is 0 Å². The fraction of sp³-hybridized carbons (Fsp3) is 0.0952. The van der Waals surface area contributed by atoms with Gasteiger partial charge in [0.15, 0.2) is 9.84 Å². The van der Waals surface area contributed by atoms with Gasteiger partial charge >= 0.3 is 6.61 Å². The Morgan fingerprint density at radius 1 is 1.06 bits per heavy atom. The molecular weight excluding hydrogens is 426 g/mol. The maximum Gasteiger partial charge on any atom is 0.387 e. The molecule has 0 fully saturated rings. The van der Waals surface area contributed by atoms with Crippen LogP contribution in [0.2, 0.25) is 0 Å². The Bertz CT molecular complexity index is 1250. The number of allylic oxidation sites excluding steroid dienone is 2. The summed E-state index contributed by atoms with van der Waals surface area (Å²) in [6, 6.07) is 14.5. The second-order valence-corrected chi connectivity index (χ2v) is 8.69. The zero-order valence-electron chi connectivity index (χ0n) is 16.3. The lowest BCUT2D eigenvalue weighted by Gasteiger charge is -2.27. The van der Waals surface area contributed by atoms with Crippen molar-refractivity contribution in [1.29, 1.82) is 0 Å². The summed E-state index contributed by atoms with van der Waals surface area (Å²) in [7, 11) is -3.36. The SMILES string of the molecule is CS(=O)(=O)c1cccc(-n2nccc2C2=CC=CN(c3ccc(OC(F)F)cc3)N2)c1. The van der Waals surface area contributed by atoms with Gasteiger partial charge in [0.05, 0.1) is 33.9 Å². The van der Waals surface area contributed by atoms with Crippen LogP contribution < -0.4 is 15.2 Å². The van der Waals surface area contributed by atoms with E-state index in [2.05, 4.69) is 15.3 Å². The predicted octanol–water partition coefficient (Wildman–Crippen LogP) is 3.76. The molecule has 4 rings (SSSR count). The van der Waals surface area contributed by atoms with Crippen LogP contribution >= 0.6 is 0 Å². The molecular formula is C21H18F2N4O3S. The Morgan fingerprint density at radius 3 is 2.55 bits per heavy atom. The van der Waals surface area contributed by atoms with Crippen LogP contribution in [0.5, 0.6) is 5.75 Å². The number of nitrogens with zero attached hydrogens (tertiary/aromatic N) is 3. The van der Waals surface area contributed by atoms with Crippen molar-refractivity contribution in [1.82, 2.24) is 15.2 Å². The van der Waals surface area contributed by atoms with Crippen LogP contribution in [0.4, 0.5) is 14.5 Å². The van der Waals surface area contributed by atoms with E-state index in [1.165, 1.54) is 18.2 Å². The zero-order chi connectivity index (χ0) is 22.0. The number of anilines is 1. The lowest BCUT2D eigenvalue weighted by Crippen LogP contribution is -2.34. The summed E-state index contributed by atoms with van der Waals surface area (Å²) in [5, 5.41) is 6.05. The first-order chi connectivity index (χ1) is 14.8. The summed E-state index contributed by atoms with van der Waals surface area (Å²) in [4.78, 5) is 0.199. The Labute approximate surface area is 177 Å². The van der Waals surface area contributed by atoms with Gasteiger partial charge in [0, 0.05) is 12.5 Å². The van der Waals surface area contributed by atoms with Crippen LogP contribution in [0.25, 0.3) is 11.4 Å². The number of aromatic nitrogens is 2. The van der Waals surface area contributed by atoms with Crippen LogP contribution in [0.15, 0.2) is 84.0 Å². The van der Waals surface area contributed by atoms with Gasteiger partial charge in [-0.2, -0.15) is 13.9 Å². The van der Waals surface area contributed by atoms with Gasteiger partial charge in [-0.1, -0.05) is 6.07 Å². The molecule has 0 unspecified atom stereocenters. The van der Waals surface area contributed by atoms with Crippen LogP contribution in [0, 0.1) is 0 Å². The number of hydrogen-bond donors (Lipinski definition) is 1. The molecule has 3 aromatic rings. The number of nitrogens with one attached hydrogen (secondary N) is 1. The average molecular weight is 444 g/mol. The van der Waals surface area contributed by atoms with Crippen molar-refractivity contribution >= 4 is 21.2 Å². The van der Waals surface area contributed by atoms with Gasteiger partial charge < -0.3 is 4.74 Å². The number of rotatable bonds is 6. The topological polar surface area (TPSA) is 76.5 Å². The number of hydrogen-bond acceptors (Lipinski definition) is 6. The lowest BCUT2D eigenvalue weighted by atomic mass is 10.2. The van der Waals surface area contributed by atoms with Crippen LogP contribution in [-0.2, 0) is 9.84 Å². The van der Waals surface area contributed by atoms with E-state index in [0.717, 1.165) is 6.26 Å². The first-order valence-electron chi connectivity index (χ1n) is 9.15. The Morgan fingerprint density at radius 2 is 1.84 bits per heavy atom. The Kier molecular flexibility index (Phi) is 5.47. The normalized spacial score (nSPS) is 13.8. The molecule has 7 nitrogen and oxygen atoms in total. The summed E-state index contributed by atoms with van der Waals surface area (Å²) in [6.45, 7) is -2.88.